The zero-order valence-electron chi connectivity index (χ0n) is 8.04. The highest BCUT2D eigenvalue weighted by atomic mass is 19.4. The van der Waals surface area contributed by atoms with E-state index >= 15 is 0 Å². The van der Waals surface area contributed by atoms with Gasteiger partial charge in [0.1, 0.15) is 0 Å². The topological polar surface area (TPSA) is 36.4 Å². The van der Waals surface area contributed by atoms with Gasteiger partial charge in [0, 0.05) is 0 Å². The van der Waals surface area contributed by atoms with E-state index in [-0.39, 0.29) is 11.1 Å². The van der Waals surface area contributed by atoms with Crippen molar-refractivity contribution in [1.82, 2.24) is 0 Å². The third-order valence-corrected chi connectivity index (χ3v) is 1.58. The van der Waals surface area contributed by atoms with E-state index in [0.717, 1.165) is 0 Å². The van der Waals surface area contributed by atoms with E-state index < -0.39 is 18.8 Å². The lowest BCUT2D eigenvalue weighted by Gasteiger charge is -2.06. The summed E-state index contributed by atoms with van der Waals surface area (Å²) in [6.07, 6.45) is -6.05. The Morgan fingerprint density at radius 3 is 2.64 bits per heavy atom. The summed E-state index contributed by atoms with van der Waals surface area (Å²) in [6, 6.07) is 5.48. The molecule has 74 valence electrons. The second-order valence-corrected chi connectivity index (χ2v) is 2.66. The van der Waals surface area contributed by atoms with Crippen molar-refractivity contribution in [2.75, 3.05) is 0 Å². The van der Waals surface area contributed by atoms with Crippen LogP contribution in [0.15, 0.2) is 24.3 Å². The van der Waals surface area contributed by atoms with Crippen LogP contribution in [-0.2, 0) is 6.42 Å². The molecule has 0 aliphatic rings. The smallest absolute Gasteiger partial charge is 0.361 e. The lowest BCUT2D eigenvalue weighted by atomic mass is 10.1. The first-order chi connectivity index (χ1) is 6.94. The fourth-order valence-electron chi connectivity index (χ4n) is 1.05. The van der Waals surface area contributed by atoms with Crippen LogP contribution in [0.5, 0.6) is 0 Å². The molecule has 0 N–H and O–H groups in total. The van der Waals surface area contributed by atoms with Crippen molar-refractivity contribution >= 4 is 6.19 Å². The first-order valence-electron chi connectivity index (χ1n) is 4.28. The molecule has 0 radical (unpaired) electrons. The lowest BCUT2D eigenvalue weighted by Crippen LogP contribution is -2.13. The molecule has 5 heteroatoms. The van der Waals surface area contributed by atoms with E-state index in [2.05, 4.69) is 4.79 Å². The number of nitrogens with zero attached hydrogens (tertiary/aromatic N) is 2. The third kappa shape index (κ3) is 3.03. The average molecular weight is 201 g/mol. The molecule has 2 nitrogen and oxygen atoms in total. The maximum atomic E-state index is 12.1. The zero-order chi connectivity index (χ0) is 11.5. The molecule has 0 aliphatic carbocycles. The molecule has 1 aromatic rings. The summed E-state index contributed by atoms with van der Waals surface area (Å²) in [6.45, 7) is 0. The largest absolute Gasteiger partial charge is 0.393 e. The Hall–Kier alpha value is -1.61. The van der Waals surface area contributed by atoms with Crippen LogP contribution in [0, 0.1) is 0 Å². The molecule has 1 aromatic carbocycles. The van der Waals surface area contributed by atoms with E-state index in [0.29, 0.717) is 0 Å². The Labute approximate surface area is 80.0 Å². The van der Waals surface area contributed by atoms with Gasteiger partial charge in [-0.05, 0) is 11.6 Å². The first-order valence-corrected chi connectivity index (χ1v) is 3.78. The van der Waals surface area contributed by atoms with Crippen LogP contribution in [0.25, 0.3) is 5.53 Å². The highest BCUT2D eigenvalue weighted by molar-refractivity contribution is 5.77. The van der Waals surface area contributed by atoms with Gasteiger partial charge in [0.2, 0.25) is 0 Å². The Kier molecular flexibility index (Phi) is 2.60. The minimum absolute atomic E-state index is 0.0164. The molecule has 0 saturated heterocycles. The van der Waals surface area contributed by atoms with Crippen LogP contribution in [0.2, 0.25) is 0 Å². The molecular weight excluding hydrogens is 193 g/mol. The molecule has 0 fully saturated rings. The van der Waals surface area contributed by atoms with E-state index in [1.165, 1.54) is 24.3 Å². The van der Waals surface area contributed by atoms with E-state index in [1.807, 2.05) is 0 Å². The van der Waals surface area contributed by atoms with E-state index in [1.54, 1.807) is 0 Å². The van der Waals surface area contributed by atoms with Gasteiger partial charge in [-0.1, -0.05) is 18.2 Å². The van der Waals surface area contributed by atoms with Crippen LogP contribution < -0.4 is 0 Å². The Morgan fingerprint density at radius 2 is 2.07 bits per heavy atom. The predicted octanol–water partition coefficient (Wildman–Crippen LogP) is 2.44. The van der Waals surface area contributed by atoms with Crippen LogP contribution in [0.4, 0.5) is 13.2 Å². The van der Waals surface area contributed by atoms with Crippen molar-refractivity contribution in [2.45, 2.75) is 12.6 Å². The van der Waals surface area contributed by atoms with Gasteiger partial charge >= 0.3 is 6.18 Å². The molecule has 0 amide bonds. The predicted molar refractivity (Wildman–Crippen MR) is 45.0 cm³/mol. The number of alkyl halides is 3. The van der Waals surface area contributed by atoms with Crippen LogP contribution in [0.1, 0.15) is 12.5 Å². The standard InChI is InChI=1S/C9H7F3N2/c10-9(11,12)5-7-3-1-2-4-8(7)6-14-13/h1-4,6H,5H2/i6D. The van der Waals surface area contributed by atoms with E-state index in [4.69, 9.17) is 6.90 Å². The molecule has 0 spiro atoms. The summed E-state index contributed by atoms with van der Waals surface area (Å²) in [5.41, 5.74) is 8.24. The van der Waals surface area contributed by atoms with Gasteiger partial charge in [-0.25, -0.2) is 0 Å². The Bertz CT molecular complexity index is 408. The molecule has 0 bridgehead atoms. The molecule has 0 atom stereocenters. The molecule has 0 saturated carbocycles. The summed E-state index contributed by atoms with van der Waals surface area (Å²) in [5.74, 6) is 0. The summed E-state index contributed by atoms with van der Waals surface area (Å²) in [4.78, 5) is 2.57. The molecule has 0 unspecified atom stereocenters. The van der Waals surface area contributed by atoms with Gasteiger partial charge in [0.05, 0.1) is 12.0 Å². The molecule has 0 heterocycles. The summed E-state index contributed by atoms with van der Waals surface area (Å²) >= 11 is 0. The van der Waals surface area contributed by atoms with Crippen LogP contribution in [-0.4, -0.2) is 17.2 Å². The number of rotatable bonds is 2. The van der Waals surface area contributed by atoms with E-state index in [9.17, 15) is 13.2 Å². The number of hydrogen-bond donors (Lipinski definition) is 0. The highest BCUT2D eigenvalue weighted by Gasteiger charge is 2.28. The highest BCUT2D eigenvalue weighted by Crippen LogP contribution is 2.22. The third-order valence-electron chi connectivity index (χ3n) is 1.58. The quantitative estimate of drug-likeness (QED) is 0.400. The van der Waals surface area contributed by atoms with Crippen molar-refractivity contribution in [1.29, 1.82) is 0 Å². The summed E-state index contributed by atoms with van der Waals surface area (Å²) < 4.78 is 43.5. The van der Waals surface area contributed by atoms with Gasteiger partial charge in [0.25, 0.3) is 6.19 Å². The zero-order valence-corrected chi connectivity index (χ0v) is 7.04. The van der Waals surface area contributed by atoms with Crippen molar-refractivity contribution in [2.24, 2.45) is 0 Å². The second kappa shape index (κ2) is 4.07. The SMILES string of the molecule is [2H]C(=[N+]=[N-])c1ccccc1CC(F)(F)F. The maximum absolute atomic E-state index is 12.1. The van der Waals surface area contributed by atoms with Gasteiger partial charge in [-0.3, -0.25) is 0 Å². The number of hydrogen-bond acceptors (Lipinski definition) is 0. The van der Waals surface area contributed by atoms with Gasteiger partial charge in [-0.2, -0.15) is 18.0 Å². The molecule has 0 aromatic heterocycles. The number of halogens is 3. The molecule has 0 aliphatic heterocycles. The Morgan fingerprint density at radius 1 is 1.43 bits per heavy atom. The fourth-order valence-corrected chi connectivity index (χ4v) is 1.05. The first kappa shape index (κ1) is 8.97. The Balaban J connectivity index is 3.13. The average Bonchev–Trinajstić information content (AvgIpc) is 2.15. The summed E-state index contributed by atoms with van der Waals surface area (Å²) in [5, 5.41) is 0. The van der Waals surface area contributed by atoms with Gasteiger partial charge in [0.15, 0.2) is 1.37 Å². The summed E-state index contributed by atoms with van der Waals surface area (Å²) in [7, 11) is 0. The van der Waals surface area contributed by atoms with Gasteiger partial charge < -0.3 is 5.53 Å². The minimum atomic E-state index is -4.34. The van der Waals surface area contributed by atoms with Gasteiger partial charge in [-0.15, -0.1) is 0 Å². The number of benzene rings is 1. The fraction of sp³-hybridized carbons (Fsp3) is 0.222. The van der Waals surface area contributed by atoms with Crippen LogP contribution >= 0.6 is 0 Å². The molecule has 1 rings (SSSR count). The van der Waals surface area contributed by atoms with Crippen molar-refractivity contribution in [3.8, 4) is 0 Å². The maximum Gasteiger partial charge on any atom is 0.393 e. The normalized spacial score (nSPS) is 11.8. The minimum Gasteiger partial charge on any atom is -0.361 e. The van der Waals surface area contributed by atoms with Crippen molar-refractivity contribution < 1.29 is 19.3 Å². The van der Waals surface area contributed by atoms with Crippen LogP contribution in [0.3, 0.4) is 0 Å². The second-order valence-electron chi connectivity index (χ2n) is 2.66. The molecule has 14 heavy (non-hydrogen) atoms. The monoisotopic (exact) mass is 201 g/mol. The molecular formula is C9H7F3N2. The van der Waals surface area contributed by atoms with Crippen molar-refractivity contribution in [3.05, 3.63) is 40.9 Å². The lowest BCUT2D eigenvalue weighted by molar-refractivity contribution is -0.127. The van der Waals surface area contributed by atoms with Crippen molar-refractivity contribution in [3.63, 3.8) is 0 Å².